The number of anilines is 1. The molecule has 154 valence electrons. The lowest BCUT2D eigenvalue weighted by Crippen LogP contribution is -2.50. The van der Waals surface area contributed by atoms with E-state index in [2.05, 4.69) is 40.2 Å². The molecule has 0 spiro atoms. The summed E-state index contributed by atoms with van der Waals surface area (Å²) in [5.74, 6) is -0.591. The zero-order valence-corrected chi connectivity index (χ0v) is 18.5. The van der Waals surface area contributed by atoms with Gasteiger partial charge in [0.25, 0.3) is 0 Å². The van der Waals surface area contributed by atoms with Crippen LogP contribution < -0.4 is 9.64 Å². The predicted octanol–water partition coefficient (Wildman–Crippen LogP) is 4.99. The lowest BCUT2D eigenvalue weighted by molar-refractivity contribution is -0.122. The first kappa shape index (κ1) is 18.8. The molecule has 2 amide bonds. The number of carbonyl (C=O) groups excluding carboxylic acids is 2. The molecule has 2 bridgehead atoms. The molecule has 2 atom stereocenters. The Bertz CT molecular complexity index is 1190. The Morgan fingerprint density at radius 1 is 0.871 bits per heavy atom. The van der Waals surface area contributed by atoms with Crippen molar-refractivity contribution in [2.45, 2.75) is 17.2 Å². The van der Waals surface area contributed by atoms with Gasteiger partial charge in [0.15, 0.2) is 0 Å². The highest BCUT2D eigenvalue weighted by Crippen LogP contribution is 2.66. The first-order valence-corrected chi connectivity index (χ1v) is 11.3. The second kappa shape index (κ2) is 6.54. The quantitative estimate of drug-likeness (QED) is 0.397. The minimum Gasteiger partial charge on any atom is -0.494 e. The maximum Gasteiger partial charge on any atom is 0.239 e. The number of halogens is 1. The third-order valence-electron chi connectivity index (χ3n) is 6.92. The van der Waals surface area contributed by atoms with Gasteiger partial charge in [-0.25, -0.2) is 4.90 Å². The van der Waals surface area contributed by atoms with Crippen molar-refractivity contribution in [2.24, 2.45) is 11.8 Å². The Kier molecular flexibility index (Phi) is 3.97. The van der Waals surface area contributed by atoms with Crippen LogP contribution in [0.2, 0.25) is 0 Å². The average Bonchev–Trinajstić information content (AvgIpc) is 3.07. The molecule has 0 radical (unpaired) electrons. The summed E-state index contributed by atoms with van der Waals surface area (Å²) in [5, 5.41) is 0. The van der Waals surface area contributed by atoms with Crippen molar-refractivity contribution >= 4 is 33.4 Å². The first-order chi connectivity index (χ1) is 15.1. The zero-order valence-electron chi connectivity index (χ0n) is 16.9. The number of carbonyl (C=O) groups is 2. The van der Waals surface area contributed by atoms with Crippen molar-refractivity contribution in [3.8, 4) is 5.75 Å². The standard InChI is InChI=1S/C26H20BrNO3/c1-2-31-16-13-11-15(12-14-16)28-24(29)22-21-17-7-3-5-9-19(17)26(27,23(22)25(28)30)20-10-6-4-8-18(20)21/h3-14,21-23H,2H2,1H3/t21?,22-,23-,26?/m1/s1. The highest BCUT2D eigenvalue weighted by Gasteiger charge is 2.67. The highest BCUT2D eigenvalue weighted by atomic mass is 79.9. The molecule has 7 rings (SSSR count). The molecule has 4 nitrogen and oxygen atoms in total. The van der Waals surface area contributed by atoms with Gasteiger partial charge in [-0.2, -0.15) is 0 Å². The fourth-order valence-corrected chi connectivity index (χ4v) is 6.99. The van der Waals surface area contributed by atoms with E-state index < -0.39 is 16.2 Å². The number of hydrogen-bond acceptors (Lipinski definition) is 3. The fourth-order valence-electron chi connectivity index (χ4n) is 5.79. The summed E-state index contributed by atoms with van der Waals surface area (Å²) in [5.41, 5.74) is 5.05. The largest absolute Gasteiger partial charge is 0.494 e. The highest BCUT2D eigenvalue weighted by molar-refractivity contribution is 9.09. The number of ether oxygens (including phenoxy) is 1. The number of imide groups is 1. The van der Waals surface area contributed by atoms with E-state index in [-0.39, 0.29) is 17.7 Å². The van der Waals surface area contributed by atoms with Gasteiger partial charge in [-0.05, 0) is 53.4 Å². The van der Waals surface area contributed by atoms with E-state index >= 15 is 0 Å². The number of hydrogen-bond donors (Lipinski definition) is 0. The topological polar surface area (TPSA) is 46.6 Å². The van der Waals surface area contributed by atoms with E-state index in [9.17, 15) is 9.59 Å². The first-order valence-electron chi connectivity index (χ1n) is 10.6. The van der Waals surface area contributed by atoms with Crippen molar-refractivity contribution < 1.29 is 14.3 Å². The summed E-state index contributed by atoms with van der Waals surface area (Å²) in [6.07, 6.45) is 0. The van der Waals surface area contributed by atoms with Gasteiger partial charge < -0.3 is 4.74 Å². The number of amides is 2. The van der Waals surface area contributed by atoms with Gasteiger partial charge in [0.2, 0.25) is 11.8 Å². The molecule has 1 saturated heterocycles. The molecule has 0 aromatic heterocycles. The van der Waals surface area contributed by atoms with E-state index in [1.54, 1.807) is 12.1 Å². The van der Waals surface area contributed by atoms with Gasteiger partial charge in [0.05, 0.1) is 28.5 Å². The summed E-state index contributed by atoms with van der Waals surface area (Å²) in [7, 11) is 0. The van der Waals surface area contributed by atoms with Crippen LogP contribution in [0, 0.1) is 11.8 Å². The molecule has 3 aliphatic carbocycles. The van der Waals surface area contributed by atoms with Crippen LogP contribution in [-0.2, 0) is 13.9 Å². The van der Waals surface area contributed by atoms with Crippen LogP contribution in [0.5, 0.6) is 5.75 Å². The average molecular weight is 474 g/mol. The Balaban J connectivity index is 1.53. The van der Waals surface area contributed by atoms with Crippen LogP contribution in [0.25, 0.3) is 0 Å². The van der Waals surface area contributed by atoms with Gasteiger partial charge >= 0.3 is 0 Å². The van der Waals surface area contributed by atoms with Crippen LogP contribution >= 0.6 is 15.9 Å². The van der Waals surface area contributed by atoms with Crippen molar-refractivity contribution in [3.63, 3.8) is 0 Å². The third kappa shape index (κ3) is 2.30. The minimum absolute atomic E-state index is 0.124. The van der Waals surface area contributed by atoms with Gasteiger partial charge in [-0.1, -0.05) is 64.5 Å². The Labute approximate surface area is 189 Å². The lowest BCUT2D eigenvalue weighted by atomic mass is 9.55. The number of rotatable bonds is 3. The van der Waals surface area contributed by atoms with Crippen LogP contribution in [0.1, 0.15) is 35.1 Å². The molecule has 0 saturated carbocycles. The van der Waals surface area contributed by atoms with Crippen molar-refractivity contribution in [3.05, 3.63) is 95.1 Å². The normalized spacial score (nSPS) is 27.7. The van der Waals surface area contributed by atoms with E-state index in [1.807, 2.05) is 43.3 Å². The Morgan fingerprint density at radius 2 is 1.45 bits per heavy atom. The zero-order chi connectivity index (χ0) is 21.3. The Hall–Kier alpha value is -2.92. The second-order valence-electron chi connectivity index (χ2n) is 8.31. The Morgan fingerprint density at radius 3 is 2.03 bits per heavy atom. The summed E-state index contributed by atoms with van der Waals surface area (Å²) in [6, 6.07) is 23.6. The summed E-state index contributed by atoms with van der Waals surface area (Å²) >= 11 is 4.02. The predicted molar refractivity (Wildman–Crippen MR) is 122 cm³/mol. The fraction of sp³-hybridized carbons (Fsp3) is 0.231. The molecule has 5 heteroatoms. The molecule has 4 aliphatic rings. The molecule has 31 heavy (non-hydrogen) atoms. The molecular formula is C26H20BrNO3. The molecule has 1 aliphatic heterocycles. The number of alkyl halides is 1. The maximum absolute atomic E-state index is 13.8. The van der Waals surface area contributed by atoms with Crippen molar-refractivity contribution in [1.82, 2.24) is 0 Å². The van der Waals surface area contributed by atoms with E-state index in [0.29, 0.717) is 12.3 Å². The lowest BCUT2D eigenvalue weighted by Gasteiger charge is -2.51. The number of nitrogens with zero attached hydrogens (tertiary/aromatic N) is 1. The summed E-state index contributed by atoms with van der Waals surface area (Å²) in [6.45, 7) is 2.49. The monoisotopic (exact) mass is 473 g/mol. The van der Waals surface area contributed by atoms with Crippen molar-refractivity contribution in [2.75, 3.05) is 11.5 Å². The molecule has 0 N–H and O–H groups in total. The molecule has 3 aromatic carbocycles. The van der Waals surface area contributed by atoms with Gasteiger partial charge in [0.1, 0.15) is 5.75 Å². The van der Waals surface area contributed by atoms with E-state index in [1.165, 1.54) is 4.90 Å². The molecule has 1 fully saturated rings. The smallest absolute Gasteiger partial charge is 0.239 e. The van der Waals surface area contributed by atoms with E-state index in [0.717, 1.165) is 28.0 Å². The molecular weight excluding hydrogens is 454 g/mol. The van der Waals surface area contributed by atoms with Crippen molar-refractivity contribution in [1.29, 1.82) is 0 Å². The van der Waals surface area contributed by atoms with Crippen LogP contribution in [-0.4, -0.2) is 18.4 Å². The SMILES string of the molecule is CCOc1ccc(N2C(=O)[C@@H]3C4c5ccccc5C(Br)(c5ccccc54)[C@H]3C2=O)cc1. The molecule has 0 unspecified atom stereocenters. The third-order valence-corrected chi connectivity index (χ3v) is 8.27. The van der Waals surface area contributed by atoms with Gasteiger partial charge in [0, 0.05) is 5.92 Å². The molecule has 1 heterocycles. The van der Waals surface area contributed by atoms with Crippen LogP contribution in [0.4, 0.5) is 5.69 Å². The maximum atomic E-state index is 13.8. The van der Waals surface area contributed by atoms with Gasteiger partial charge in [-0.15, -0.1) is 0 Å². The van der Waals surface area contributed by atoms with Crippen LogP contribution in [0.15, 0.2) is 72.8 Å². The number of benzene rings is 3. The van der Waals surface area contributed by atoms with Crippen LogP contribution in [0.3, 0.4) is 0 Å². The molecule has 3 aromatic rings. The summed E-state index contributed by atoms with van der Waals surface area (Å²) < 4.78 is 4.80. The van der Waals surface area contributed by atoms with E-state index in [4.69, 9.17) is 4.74 Å². The van der Waals surface area contributed by atoms with Gasteiger partial charge in [-0.3, -0.25) is 9.59 Å². The summed E-state index contributed by atoms with van der Waals surface area (Å²) in [4.78, 5) is 29.0. The minimum atomic E-state index is -0.716. The second-order valence-corrected chi connectivity index (χ2v) is 9.56.